The predicted molar refractivity (Wildman–Crippen MR) is 71.7 cm³/mol. The highest BCUT2D eigenvalue weighted by Crippen LogP contribution is 2.25. The molecule has 19 heavy (non-hydrogen) atoms. The second-order valence-corrected chi connectivity index (χ2v) is 4.91. The molecule has 0 N–H and O–H groups in total. The molecule has 0 aromatic heterocycles. The van der Waals surface area contributed by atoms with Gasteiger partial charge in [-0.05, 0) is 20.3 Å². The average Bonchev–Trinajstić information content (AvgIpc) is 2.27. The molecule has 0 aliphatic carbocycles. The lowest BCUT2D eigenvalue weighted by atomic mass is 9.98. The van der Waals surface area contributed by atoms with Gasteiger partial charge in [-0.1, -0.05) is 13.3 Å². The van der Waals surface area contributed by atoms with E-state index < -0.39 is 11.6 Å². The molecule has 1 aliphatic heterocycles. The number of allylic oxidation sites excluding steroid dienone is 1. The molecule has 0 amide bonds. The zero-order chi connectivity index (χ0) is 14.9. The summed E-state index contributed by atoms with van der Waals surface area (Å²) < 4.78 is 14.6. The van der Waals surface area contributed by atoms with Crippen molar-refractivity contribution in [3.63, 3.8) is 0 Å². The van der Waals surface area contributed by atoms with Gasteiger partial charge in [0.05, 0.1) is 6.61 Å². The maximum Gasteiger partial charge on any atom is 0.373 e. The van der Waals surface area contributed by atoms with Gasteiger partial charge in [0, 0.05) is 26.7 Å². The summed E-state index contributed by atoms with van der Waals surface area (Å²) in [6.07, 6.45) is 3.28. The maximum absolute atomic E-state index is 11.5. The molecule has 5 nitrogen and oxygen atoms in total. The molecule has 0 spiro atoms. The summed E-state index contributed by atoms with van der Waals surface area (Å²) in [5.74, 6) is -0.620. The Morgan fingerprint density at radius 1 is 1.42 bits per heavy atom. The number of carbonyl (C=O) groups is 2. The van der Waals surface area contributed by atoms with E-state index in [1.165, 1.54) is 6.08 Å². The smallest absolute Gasteiger partial charge is 0.373 e. The third-order valence-corrected chi connectivity index (χ3v) is 2.21. The van der Waals surface area contributed by atoms with Crippen molar-refractivity contribution < 1.29 is 23.8 Å². The first-order valence-corrected chi connectivity index (χ1v) is 6.37. The minimum absolute atomic E-state index is 0.0253. The maximum atomic E-state index is 11.5. The molecule has 5 heteroatoms. The van der Waals surface area contributed by atoms with Crippen molar-refractivity contribution in [1.82, 2.24) is 0 Å². The van der Waals surface area contributed by atoms with Crippen LogP contribution in [0.4, 0.5) is 0 Å². The highest BCUT2D eigenvalue weighted by atomic mass is 16.6. The minimum atomic E-state index is -0.620. The summed E-state index contributed by atoms with van der Waals surface area (Å²) in [6, 6.07) is 0. The molecule has 0 radical (unpaired) electrons. The topological polar surface area (TPSA) is 61.8 Å². The summed E-state index contributed by atoms with van der Waals surface area (Å²) >= 11 is 0. The van der Waals surface area contributed by atoms with Crippen LogP contribution >= 0.6 is 0 Å². The molecule has 0 aromatic carbocycles. The molecule has 0 bridgehead atoms. The van der Waals surface area contributed by atoms with Crippen LogP contribution < -0.4 is 0 Å². The summed E-state index contributed by atoms with van der Waals surface area (Å²) in [4.78, 5) is 22.9. The largest absolute Gasteiger partial charge is 0.480 e. The van der Waals surface area contributed by atoms with Gasteiger partial charge in [-0.15, -0.1) is 0 Å². The Balaban J connectivity index is 0.000000982. The summed E-state index contributed by atoms with van der Waals surface area (Å²) in [5, 5.41) is 0. The number of ketones is 1. The van der Waals surface area contributed by atoms with E-state index in [1.807, 2.05) is 6.92 Å². The van der Waals surface area contributed by atoms with Crippen LogP contribution in [0, 0.1) is 0 Å². The number of hydrogen-bond acceptors (Lipinski definition) is 5. The lowest BCUT2D eigenvalue weighted by molar-refractivity contribution is -0.149. The lowest BCUT2D eigenvalue weighted by Gasteiger charge is -2.29. The molecule has 0 fully saturated rings. The van der Waals surface area contributed by atoms with Gasteiger partial charge in [0.2, 0.25) is 5.76 Å². The van der Waals surface area contributed by atoms with Gasteiger partial charge in [-0.25, -0.2) is 4.79 Å². The van der Waals surface area contributed by atoms with Gasteiger partial charge in [0.15, 0.2) is 5.78 Å². The van der Waals surface area contributed by atoms with Crippen LogP contribution in [0.25, 0.3) is 0 Å². The van der Waals surface area contributed by atoms with Crippen molar-refractivity contribution in [2.75, 3.05) is 20.8 Å². The van der Waals surface area contributed by atoms with E-state index in [0.29, 0.717) is 13.0 Å². The number of esters is 1. The SMILES string of the molecule is CCCCOC(=O)C1=CC(=O)CC(C)(C)O1.COC. The standard InChI is InChI=1S/C12H18O4.C2H6O/c1-4-5-6-15-11(14)10-7-9(13)8-12(2,3)16-10;1-3-2/h7H,4-6,8H2,1-3H3;1-2H3. The van der Waals surface area contributed by atoms with Crippen molar-refractivity contribution in [3.05, 3.63) is 11.8 Å². The molecule has 1 heterocycles. The fourth-order valence-corrected chi connectivity index (χ4v) is 1.46. The van der Waals surface area contributed by atoms with E-state index in [9.17, 15) is 9.59 Å². The van der Waals surface area contributed by atoms with Crippen LogP contribution in [-0.4, -0.2) is 38.2 Å². The lowest BCUT2D eigenvalue weighted by Crippen LogP contribution is -2.33. The zero-order valence-electron chi connectivity index (χ0n) is 12.4. The van der Waals surface area contributed by atoms with Crippen LogP contribution in [-0.2, 0) is 23.8 Å². The molecule has 0 aromatic rings. The van der Waals surface area contributed by atoms with Crippen molar-refractivity contribution in [1.29, 1.82) is 0 Å². The van der Waals surface area contributed by atoms with Gasteiger partial charge >= 0.3 is 5.97 Å². The van der Waals surface area contributed by atoms with Crippen LogP contribution in [0.2, 0.25) is 0 Å². The fraction of sp³-hybridized carbons (Fsp3) is 0.714. The highest BCUT2D eigenvalue weighted by molar-refractivity contribution is 5.99. The molecular formula is C14H24O5. The predicted octanol–water partition coefficient (Wildman–Crippen LogP) is 2.24. The molecular weight excluding hydrogens is 248 g/mol. The number of ether oxygens (including phenoxy) is 3. The van der Waals surface area contributed by atoms with E-state index in [4.69, 9.17) is 9.47 Å². The highest BCUT2D eigenvalue weighted by Gasteiger charge is 2.32. The molecule has 0 unspecified atom stereocenters. The first kappa shape index (κ1) is 17.6. The van der Waals surface area contributed by atoms with Gasteiger partial charge in [0.25, 0.3) is 0 Å². The molecule has 1 aliphatic rings. The van der Waals surface area contributed by atoms with Crippen LogP contribution in [0.3, 0.4) is 0 Å². The Kier molecular flexibility index (Phi) is 8.07. The molecule has 0 saturated carbocycles. The number of carbonyl (C=O) groups excluding carboxylic acids is 2. The third kappa shape index (κ3) is 7.62. The first-order valence-electron chi connectivity index (χ1n) is 6.37. The van der Waals surface area contributed by atoms with Crippen molar-refractivity contribution in [3.8, 4) is 0 Å². The van der Waals surface area contributed by atoms with E-state index in [-0.39, 0.29) is 11.5 Å². The second-order valence-electron chi connectivity index (χ2n) is 4.91. The summed E-state index contributed by atoms with van der Waals surface area (Å²) in [7, 11) is 3.25. The molecule has 0 saturated heterocycles. The Morgan fingerprint density at radius 2 is 2.00 bits per heavy atom. The monoisotopic (exact) mass is 272 g/mol. The number of unbranched alkanes of at least 4 members (excludes halogenated alkanes) is 1. The Hall–Kier alpha value is -1.36. The number of rotatable bonds is 4. The Bertz CT molecular complexity index is 331. The van der Waals surface area contributed by atoms with E-state index in [1.54, 1.807) is 28.1 Å². The van der Waals surface area contributed by atoms with Crippen LogP contribution in [0.15, 0.2) is 11.8 Å². The van der Waals surface area contributed by atoms with E-state index in [0.717, 1.165) is 12.8 Å². The number of methoxy groups -OCH3 is 1. The Labute approximate surface area is 114 Å². The summed E-state index contributed by atoms with van der Waals surface area (Å²) in [6.45, 7) is 5.93. The van der Waals surface area contributed by atoms with Gasteiger partial charge in [-0.2, -0.15) is 0 Å². The summed E-state index contributed by atoms with van der Waals surface area (Å²) in [5.41, 5.74) is -0.620. The molecule has 1 rings (SSSR count). The second kappa shape index (κ2) is 8.69. The van der Waals surface area contributed by atoms with Crippen molar-refractivity contribution >= 4 is 11.8 Å². The molecule has 0 atom stereocenters. The Morgan fingerprint density at radius 3 is 2.47 bits per heavy atom. The van der Waals surface area contributed by atoms with E-state index >= 15 is 0 Å². The van der Waals surface area contributed by atoms with Crippen molar-refractivity contribution in [2.45, 2.75) is 45.6 Å². The van der Waals surface area contributed by atoms with Crippen LogP contribution in [0.1, 0.15) is 40.0 Å². The van der Waals surface area contributed by atoms with E-state index in [2.05, 4.69) is 4.74 Å². The van der Waals surface area contributed by atoms with Gasteiger partial charge < -0.3 is 14.2 Å². The first-order chi connectivity index (χ1) is 8.86. The zero-order valence-corrected chi connectivity index (χ0v) is 12.4. The quantitative estimate of drug-likeness (QED) is 0.580. The number of hydrogen-bond donors (Lipinski definition) is 0. The fourth-order valence-electron chi connectivity index (χ4n) is 1.46. The van der Waals surface area contributed by atoms with Crippen LogP contribution in [0.5, 0.6) is 0 Å². The average molecular weight is 272 g/mol. The molecule has 110 valence electrons. The van der Waals surface area contributed by atoms with Crippen molar-refractivity contribution in [2.24, 2.45) is 0 Å². The third-order valence-electron chi connectivity index (χ3n) is 2.21. The minimum Gasteiger partial charge on any atom is -0.480 e. The van der Waals surface area contributed by atoms with Gasteiger partial charge in [-0.3, -0.25) is 4.79 Å². The normalized spacial score (nSPS) is 16.7. The van der Waals surface area contributed by atoms with Gasteiger partial charge in [0.1, 0.15) is 5.60 Å².